The Balaban J connectivity index is 0.00000222. The van der Waals surface area contributed by atoms with Gasteiger partial charge in [-0.05, 0) is 52.5 Å². The molecule has 0 saturated carbocycles. The monoisotopic (exact) mass is 541 g/mol. The standard InChI is InChI=1S/C23H31Cl2N5O4.C2H6/c1-23(2,3)34-22(33)30-12-9-14(10-13-30)27-21(32)19-17(8-11-26-29-19)28-20(31)18-15(24)6-4-5-7-16(18)25;1-2/h4,6-7,14,17,26H,5,8-13H2,1-3H3,(H,27,32)(H,28,31);1-2H3. The molecule has 200 valence electrons. The Bertz CT molecular complexity index is 945. The van der Waals surface area contributed by atoms with Gasteiger partial charge in [-0.15, -0.1) is 0 Å². The molecule has 1 aliphatic carbocycles. The average molecular weight is 543 g/mol. The highest BCUT2D eigenvalue weighted by Crippen LogP contribution is 2.26. The summed E-state index contributed by atoms with van der Waals surface area (Å²) >= 11 is 12.5. The van der Waals surface area contributed by atoms with E-state index in [0.717, 1.165) is 0 Å². The van der Waals surface area contributed by atoms with Gasteiger partial charge >= 0.3 is 6.09 Å². The van der Waals surface area contributed by atoms with Gasteiger partial charge in [-0.1, -0.05) is 49.2 Å². The summed E-state index contributed by atoms with van der Waals surface area (Å²) in [5.41, 5.74) is 2.63. The second-order valence-electron chi connectivity index (χ2n) is 9.35. The van der Waals surface area contributed by atoms with Gasteiger partial charge in [0.2, 0.25) is 0 Å². The number of rotatable bonds is 4. The molecule has 2 heterocycles. The number of ether oxygens (including phenoxy) is 1. The van der Waals surface area contributed by atoms with Crippen LogP contribution in [0.2, 0.25) is 0 Å². The number of allylic oxidation sites excluding steroid dienone is 4. The van der Waals surface area contributed by atoms with Gasteiger partial charge in [-0.3, -0.25) is 9.59 Å². The van der Waals surface area contributed by atoms with Gasteiger partial charge in [0.25, 0.3) is 11.8 Å². The number of hydrogen-bond acceptors (Lipinski definition) is 6. The SMILES string of the molecule is CC.CC(C)(C)OC(=O)N1CCC(NC(=O)C2=NNCCC2NC(=O)C2=C(Cl)C=CCC=C2Cl)CC1. The van der Waals surface area contributed by atoms with E-state index in [2.05, 4.69) is 21.2 Å². The summed E-state index contributed by atoms with van der Waals surface area (Å²) in [6.07, 6.45) is 7.04. The first kappa shape index (κ1) is 29.7. The third-order valence-electron chi connectivity index (χ3n) is 5.50. The highest BCUT2D eigenvalue weighted by molar-refractivity contribution is 6.42. The molecule has 3 aliphatic rings. The van der Waals surface area contributed by atoms with E-state index >= 15 is 0 Å². The van der Waals surface area contributed by atoms with Crippen LogP contribution in [0.25, 0.3) is 0 Å². The highest BCUT2D eigenvalue weighted by Gasteiger charge is 2.32. The molecule has 0 spiro atoms. The molecule has 0 aromatic rings. The van der Waals surface area contributed by atoms with Crippen LogP contribution in [0.5, 0.6) is 0 Å². The summed E-state index contributed by atoms with van der Waals surface area (Å²) in [7, 11) is 0. The molecule has 0 aromatic carbocycles. The summed E-state index contributed by atoms with van der Waals surface area (Å²) in [5.74, 6) is -0.827. The summed E-state index contributed by atoms with van der Waals surface area (Å²) < 4.78 is 5.41. The van der Waals surface area contributed by atoms with Crippen LogP contribution in [-0.2, 0) is 14.3 Å². The van der Waals surface area contributed by atoms with Crippen molar-refractivity contribution in [1.29, 1.82) is 0 Å². The Morgan fingerprint density at radius 3 is 2.39 bits per heavy atom. The van der Waals surface area contributed by atoms with E-state index in [1.165, 1.54) is 0 Å². The maximum absolute atomic E-state index is 13.0. The number of piperidine rings is 1. The molecule has 3 N–H and O–H groups in total. The summed E-state index contributed by atoms with van der Waals surface area (Å²) in [6, 6.07) is -0.710. The number of hydrogen-bond donors (Lipinski definition) is 3. The fraction of sp³-hybridized carbons (Fsp3) is 0.600. The van der Waals surface area contributed by atoms with Crippen molar-refractivity contribution in [2.24, 2.45) is 5.10 Å². The van der Waals surface area contributed by atoms with Gasteiger partial charge in [-0.25, -0.2) is 4.79 Å². The average Bonchev–Trinajstić information content (AvgIpc) is 2.99. The summed E-state index contributed by atoms with van der Waals surface area (Å²) in [5, 5.41) is 10.5. The third-order valence-corrected chi connectivity index (χ3v) is 6.15. The van der Waals surface area contributed by atoms with Crippen molar-refractivity contribution in [3.05, 3.63) is 33.9 Å². The Hall–Kier alpha value is -2.52. The van der Waals surface area contributed by atoms with Crippen molar-refractivity contribution in [1.82, 2.24) is 21.0 Å². The lowest BCUT2D eigenvalue weighted by molar-refractivity contribution is -0.117. The number of nitrogens with zero attached hydrogens (tertiary/aromatic N) is 2. The molecule has 36 heavy (non-hydrogen) atoms. The fourth-order valence-corrected chi connectivity index (χ4v) is 4.40. The minimum atomic E-state index is -0.593. The second kappa shape index (κ2) is 13.7. The van der Waals surface area contributed by atoms with Crippen LogP contribution in [0.15, 0.2) is 39.0 Å². The number of nitrogens with one attached hydrogen (secondary N) is 3. The van der Waals surface area contributed by atoms with Crippen LogP contribution in [0, 0.1) is 0 Å². The van der Waals surface area contributed by atoms with Crippen molar-refractivity contribution in [2.75, 3.05) is 19.6 Å². The maximum atomic E-state index is 13.0. The smallest absolute Gasteiger partial charge is 0.410 e. The molecular weight excluding hydrogens is 505 g/mol. The lowest BCUT2D eigenvalue weighted by Gasteiger charge is -2.34. The molecule has 0 radical (unpaired) electrons. The van der Waals surface area contributed by atoms with E-state index in [-0.39, 0.29) is 39.4 Å². The zero-order valence-corrected chi connectivity index (χ0v) is 23.1. The zero-order chi connectivity index (χ0) is 26.9. The van der Waals surface area contributed by atoms with Crippen LogP contribution in [0.4, 0.5) is 4.79 Å². The van der Waals surface area contributed by atoms with Gasteiger partial charge in [0.05, 0.1) is 21.7 Å². The van der Waals surface area contributed by atoms with Crippen LogP contribution in [0.1, 0.15) is 60.3 Å². The van der Waals surface area contributed by atoms with Crippen molar-refractivity contribution < 1.29 is 19.1 Å². The topological polar surface area (TPSA) is 112 Å². The molecule has 1 unspecified atom stereocenters. The lowest BCUT2D eigenvalue weighted by Crippen LogP contribution is -2.55. The predicted octanol–water partition coefficient (Wildman–Crippen LogP) is 3.94. The molecule has 11 heteroatoms. The van der Waals surface area contributed by atoms with E-state index in [1.54, 1.807) is 17.1 Å². The quantitative estimate of drug-likeness (QED) is 0.499. The number of hydrazone groups is 1. The first-order valence-electron chi connectivity index (χ1n) is 12.4. The molecule has 2 aliphatic heterocycles. The van der Waals surface area contributed by atoms with Gasteiger partial charge in [-0.2, -0.15) is 5.10 Å². The first-order chi connectivity index (χ1) is 17.0. The number of likely N-dealkylation sites (tertiary alicyclic amines) is 1. The Labute approximate surface area is 223 Å². The molecule has 1 fully saturated rings. The largest absolute Gasteiger partial charge is 0.444 e. The number of halogens is 2. The van der Waals surface area contributed by atoms with E-state index in [1.807, 2.05) is 40.7 Å². The minimum absolute atomic E-state index is 0.117. The number of carbonyl (C=O) groups is 3. The predicted molar refractivity (Wildman–Crippen MR) is 143 cm³/mol. The fourth-order valence-electron chi connectivity index (χ4n) is 3.80. The molecule has 1 atom stereocenters. The summed E-state index contributed by atoms with van der Waals surface area (Å²) in [4.78, 5) is 39.8. The van der Waals surface area contributed by atoms with Gasteiger partial charge in [0, 0.05) is 25.7 Å². The second-order valence-corrected chi connectivity index (χ2v) is 10.2. The Morgan fingerprint density at radius 2 is 1.75 bits per heavy atom. The van der Waals surface area contributed by atoms with Gasteiger partial charge in [0.1, 0.15) is 11.3 Å². The minimum Gasteiger partial charge on any atom is -0.444 e. The summed E-state index contributed by atoms with van der Waals surface area (Å²) in [6.45, 7) is 10.9. The van der Waals surface area contributed by atoms with Crippen molar-refractivity contribution in [3.63, 3.8) is 0 Å². The van der Waals surface area contributed by atoms with Crippen LogP contribution >= 0.6 is 23.2 Å². The molecule has 3 rings (SSSR count). The van der Waals surface area contributed by atoms with E-state index in [0.29, 0.717) is 45.3 Å². The van der Waals surface area contributed by atoms with Crippen LogP contribution in [0.3, 0.4) is 0 Å². The molecule has 0 aromatic heterocycles. The van der Waals surface area contributed by atoms with E-state index in [4.69, 9.17) is 27.9 Å². The highest BCUT2D eigenvalue weighted by atomic mass is 35.5. The van der Waals surface area contributed by atoms with Crippen LogP contribution < -0.4 is 16.1 Å². The molecule has 1 saturated heterocycles. The molecular formula is C25H37Cl2N5O4. The van der Waals surface area contributed by atoms with Gasteiger partial charge in [0.15, 0.2) is 0 Å². The first-order valence-corrected chi connectivity index (χ1v) is 13.1. The molecule has 3 amide bonds. The van der Waals surface area contributed by atoms with Crippen molar-refractivity contribution in [3.8, 4) is 0 Å². The van der Waals surface area contributed by atoms with Crippen molar-refractivity contribution in [2.45, 2.75) is 78.0 Å². The van der Waals surface area contributed by atoms with Crippen LogP contribution in [-0.4, -0.2) is 65.8 Å². The number of amides is 3. The zero-order valence-electron chi connectivity index (χ0n) is 21.6. The Kier molecular flexibility index (Phi) is 11.3. The lowest BCUT2D eigenvalue weighted by atomic mass is 10.0. The van der Waals surface area contributed by atoms with Crippen molar-refractivity contribution >= 4 is 46.8 Å². The third kappa shape index (κ3) is 8.55. The normalized spacial score (nSPS) is 20.6. The Morgan fingerprint density at radius 1 is 1.08 bits per heavy atom. The molecule has 0 bridgehead atoms. The van der Waals surface area contributed by atoms with E-state index < -0.39 is 17.6 Å². The molecule has 9 nitrogen and oxygen atoms in total. The van der Waals surface area contributed by atoms with Gasteiger partial charge < -0.3 is 25.7 Å². The van der Waals surface area contributed by atoms with E-state index in [9.17, 15) is 14.4 Å². The maximum Gasteiger partial charge on any atom is 0.410 e. The number of carbonyl (C=O) groups excluding carboxylic acids is 3.